The average molecular weight is 344 g/mol. The van der Waals surface area contributed by atoms with Crippen LogP contribution in [0.4, 0.5) is 4.39 Å². The number of rotatable bonds is 9. The molecule has 0 saturated heterocycles. The van der Waals surface area contributed by atoms with Gasteiger partial charge in [-0.3, -0.25) is 9.69 Å². The van der Waals surface area contributed by atoms with Crippen LogP contribution in [0.5, 0.6) is 5.75 Å². The summed E-state index contributed by atoms with van der Waals surface area (Å²) in [6.07, 6.45) is 0.818. The lowest BCUT2D eigenvalue weighted by atomic mass is 10.1. The minimum absolute atomic E-state index is 0.0259. The molecule has 2 rings (SSSR count). The number of likely N-dealkylation sites (N-methyl/N-ethyl adjacent to an activating group) is 1. The van der Waals surface area contributed by atoms with Crippen molar-refractivity contribution in [1.82, 2.24) is 10.2 Å². The number of para-hydroxylation sites is 1. The number of carbonyl (C=O) groups is 1. The second-order valence-electron chi connectivity index (χ2n) is 6.04. The lowest BCUT2D eigenvalue weighted by Gasteiger charge is -2.17. The average Bonchev–Trinajstić information content (AvgIpc) is 2.58. The molecule has 0 aromatic heterocycles. The molecule has 0 fully saturated rings. The highest BCUT2D eigenvalue weighted by atomic mass is 19.1. The highest BCUT2D eigenvalue weighted by molar-refractivity contribution is 5.77. The van der Waals surface area contributed by atoms with Gasteiger partial charge in [-0.25, -0.2) is 4.39 Å². The molecule has 2 aromatic rings. The number of benzene rings is 2. The van der Waals surface area contributed by atoms with Crippen molar-refractivity contribution < 1.29 is 13.9 Å². The van der Waals surface area contributed by atoms with Crippen molar-refractivity contribution in [3.8, 4) is 5.75 Å². The van der Waals surface area contributed by atoms with Crippen LogP contribution in [0.2, 0.25) is 0 Å². The van der Waals surface area contributed by atoms with E-state index < -0.39 is 0 Å². The molecule has 0 atom stereocenters. The Labute approximate surface area is 148 Å². The van der Waals surface area contributed by atoms with Crippen molar-refractivity contribution >= 4 is 5.91 Å². The van der Waals surface area contributed by atoms with E-state index in [-0.39, 0.29) is 24.0 Å². The van der Waals surface area contributed by atoms with E-state index in [0.29, 0.717) is 19.7 Å². The third-order valence-corrected chi connectivity index (χ3v) is 3.96. The summed E-state index contributed by atoms with van der Waals surface area (Å²) in [5, 5.41) is 2.93. The van der Waals surface area contributed by atoms with Gasteiger partial charge in [0.05, 0.1) is 6.54 Å². The molecule has 5 heteroatoms. The zero-order valence-electron chi connectivity index (χ0n) is 14.8. The smallest absolute Gasteiger partial charge is 0.234 e. The Morgan fingerprint density at radius 3 is 2.64 bits per heavy atom. The molecule has 2 aromatic carbocycles. The van der Waals surface area contributed by atoms with Crippen LogP contribution >= 0.6 is 0 Å². The predicted molar refractivity (Wildman–Crippen MR) is 97.3 cm³/mol. The summed E-state index contributed by atoms with van der Waals surface area (Å²) in [4.78, 5) is 13.8. The first-order valence-electron chi connectivity index (χ1n) is 8.43. The van der Waals surface area contributed by atoms with Crippen LogP contribution in [0.3, 0.4) is 0 Å². The molecule has 0 aliphatic carbocycles. The summed E-state index contributed by atoms with van der Waals surface area (Å²) >= 11 is 0. The number of nitrogens with one attached hydrogen (secondary N) is 1. The summed E-state index contributed by atoms with van der Waals surface area (Å²) in [5.41, 5.74) is 2.48. The van der Waals surface area contributed by atoms with Gasteiger partial charge in [0.15, 0.2) is 11.6 Å². The fraction of sp³-hybridized carbons (Fsp3) is 0.350. The summed E-state index contributed by atoms with van der Waals surface area (Å²) in [6.45, 7) is 3.84. The van der Waals surface area contributed by atoms with Gasteiger partial charge in [0.1, 0.15) is 6.61 Å². The van der Waals surface area contributed by atoms with Crippen LogP contribution in [0.1, 0.15) is 11.1 Å². The Bertz CT molecular complexity index is 691. The number of hydrogen-bond acceptors (Lipinski definition) is 3. The Morgan fingerprint density at radius 2 is 1.88 bits per heavy atom. The lowest BCUT2D eigenvalue weighted by Crippen LogP contribution is -2.37. The first kappa shape index (κ1) is 18.9. The van der Waals surface area contributed by atoms with E-state index >= 15 is 0 Å². The van der Waals surface area contributed by atoms with Gasteiger partial charge in [-0.05, 0) is 43.7 Å². The van der Waals surface area contributed by atoms with Crippen LogP contribution in [0, 0.1) is 12.7 Å². The number of carbonyl (C=O) groups excluding carboxylic acids is 1. The number of nitrogens with zero attached hydrogens (tertiary/aromatic N) is 1. The number of amides is 1. The first-order valence-corrected chi connectivity index (χ1v) is 8.43. The van der Waals surface area contributed by atoms with E-state index in [2.05, 4.69) is 24.4 Å². The number of halogens is 1. The Balaban J connectivity index is 1.63. The van der Waals surface area contributed by atoms with Crippen LogP contribution in [0.25, 0.3) is 0 Å². The maximum absolute atomic E-state index is 13.4. The third-order valence-electron chi connectivity index (χ3n) is 3.96. The molecule has 0 bridgehead atoms. The minimum Gasteiger partial charge on any atom is -0.489 e. The van der Waals surface area contributed by atoms with Crippen molar-refractivity contribution in [2.45, 2.75) is 13.3 Å². The summed E-state index contributed by atoms with van der Waals surface area (Å²) in [5.74, 6) is -0.167. The SMILES string of the molecule is Cc1ccccc1CCNC(=O)CN(C)CCOc1ccccc1F. The topological polar surface area (TPSA) is 41.6 Å². The third kappa shape index (κ3) is 6.55. The van der Waals surface area contributed by atoms with Gasteiger partial charge < -0.3 is 10.1 Å². The van der Waals surface area contributed by atoms with Crippen molar-refractivity contribution in [2.24, 2.45) is 0 Å². The molecule has 1 N–H and O–H groups in total. The van der Waals surface area contributed by atoms with E-state index in [4.69, 9.17) is 4.74 Å². The number of ether oxygens (including phenoxy) is 1. The molecule has 0 saturated carbocycles. The molecule has 134 valence electrons. The predicted octanol–water partition coefficient (Wildman–Crippen LogP) is 2.80. The summed E-state index contributed by atoms with van der Waals surface area (Å²) in [6, 6.07) is 14.5. The standard InChI is InChI=1S/C20H25FN2O2/c1-16-7-3-4-8-17(16)11-12-22-20(24)15-23(2)13-14-25-19-10-6-5-9-18(19)21/h3-10H,11-15H2,1-2H3,(H,22,24). The second kappa shape index (κ2) is 9.79. The van der Waals surface area contributed by atoms with Crippen LogP contribution < -0.4 is 10.1 Å². The van der Waals surface area contributed by atoms with Crippen molar-refractivity contribution in [2.75, 3.05) is 33.3 Å². The maximum Gasteiger partial charge on any atom is 0.234 e. The fourth-order valence-electron chi connectivity index (χ4n) is 2.48. The van der Waals surface area contributed by atoms with Gasteiger partial charge in [0, 0.05) is 13.1 Å². The number of hydrogen-bond donors (Lipinski definition) is 1. The van der Waals surface area contributed by atoms with Crippen molar-refractivity contribution in [3.05, 3.63) is 65.5 Å². The lowest BCUT2D eigenvalue weighted by molar-refractivity contribution is -0.121. The zero-order valence-corrected chi connectivity index (χ0v) is 14.8. The molecule has 0 heterocycles. The highest BCUT2D eigenvalue weighted by Gasteiger charge is 2.07. The molecule has 0 radical (unpaired) electrons. The Morgan fingerprint density at radius 1 is 1.16 bits per heavy atom. The van der Waals surface area contributed by atoms with Crippen LogP contribution in [0.15, 0.2) is 48.5 Å². The van der Waals surface area contributed by atoms with E-state index in [9.17, 15) is 9.18 Å². The van der Waals surface area contributed by atoms with Gasteiger partial charge in [-0.15, -0.1) is 0 Å². The van der Waals surface area contributed by atoms with E-state index in [1.54, 1.807) is 18.2 Å². The van der Waals surface area contributed by atoms with Gasteiger partial charge in [0.25, 0.3) is 0 Å². The largest absolute Gasteiger partial charge is 0.489 e. The molecule has 0 spiro atoms. The summed E-state index contributed by atoms with van der Waals surface area (Å²) < 4.78 is 18.8. The van der Waals surface area contributed by atoms with Gasteiger partial charge in [0.2, 0.25) is 5.91 Å². The van der Waals surface area contributed by atoms with Gasteiger partial charge in [-0.1, -0.05) is 36.4 Å². The molecular weight excluding hydrogens is 319 g/mol. The van der Waals surface area contributed by atoms with Crippen molar-refractivity contribution in [3.63, 3.8) is 0 Å². The molecule has 25 heavy (non-hydrogen) atoms. The quantitative estimate of drug-likeness (QED) is 0.761. The normalized spacial score (nSPS) is 10.7. The van der Waals surface area contributed by atoms with Gasteiger partial charge >= 0.3 is 0 Å². The van der Waals surface area contributed by atoms with E-state index in [1.807, 2.05) is 24.1 Å². The highest BCUT2D eigenvalue weighted by Crippen LogP contribution is 2.14. The summed E-state index contributed by atoms with van der Waals surface area (Å²) in [7, 11) is 1.84. The molecule has 4 nitrogen and oxygen atoms in total. The molecule has 1 amide bonds. The fourth-order valence-corrected chi connectivity index (χ4v) is 2.48. The monoisotopic (exact) mass is 344 g/mol. The number of aryl methyl sites for hydroxylation is 1. The molecule has 0 unspecified atom stereocenters. The van der Waals surface area contributed by atoms with E-state index in [1.165, 1.54) is 17.2 Å². The second-order valence-corrected chi connectivity index (χ2v) is 6.04. The van der Waals surface area contributed by atoms with Gasteiger partial charge in [-0.2, -0.15) is 0 Å². The first-order chi connectivity index (χ1) is 12.1. The molecule has 0 aliphatic rings. The molecular formula is C20H25FN2O2. The Hall–Kier alpha value is -2.40. The maximum atomic E-state index is 13.4. The zero-order chi connectivity index (χ0) is 18.1. The van der Waals surface area contributed by atoms with E-state index in [0.717, 1.165) is 6.42 Å². The van der Waals surface area contributed by atoms with Crippen molar-refractivity contribution in [1.29, 1.82) is 0 Å². The molecule has 0 aliphatic heterocycles. The van der Waals surface area contributed by atoms with Crippen LogP contribution in [-0.2, 0) is 11.2 Å². The van der Waals surface area contributed by atoms with Crippen LogP contribution in [-0.4, -0.2) is 44.1 Å². The minimum atomic E-state index is -0.376. The Kier molecular flexibility index (Phi) is 7.41.